The second-order valence-corrected chi connectivity index (χ2v) is 5.45. The lowest BCUT2D eigenvalue weighted by Crippen LogP contribution is -2.30. The van der Waals surface area contributed by atoms with Gasteiger partial charge in [-0.25, -0.2) is 0 Å². The van der Waals surface area contributed by atoms with Gasteiger partial charge in [0.25, 0.3) is 5.91 Å². The molecule has 22 heavy (non-hydrogen) atoms. The summed E-state index contributed by atoms with van der Waals surface area (Å²) in [5.41, 5.74) is 2.96. The molecule has 1 aromatic carbocycles. The van der Waals surface area contributed by atoms with E-state index in [2.05, 4.69) is 4.98 Å². The van der Waals surface area contributed by atoms with Gasteiger partial charge in [0.15, 0.2) is 0 Å². The molecule has 2 aromatic rings. The number of ether oxygens (including phenoxy) is 1. The van der Waals surface area contributed by atoms with Gasteiger partial charge in [-0.15, -0.1) is 0 Å². The summed E-state index contributed by atoms with van der Waals surface area (Å²) in [7, 11) is 0. The molecule has 2 heterocycles. The van der Waals surface area contributed by atoms with Crippen molar-refractivity contribution in [2.45, 2.75) is 26.3 Å². The van der Waals surface area contributed by atoms with Crippen molar-refractivity contribution in [1.82, 2.24) is 9.88 Å². The Morgan fingerprint density at radius 1 is 1.27 bits per heavy atom. The highest BCUT2D eigenvalue weighted by atomic mass is 16.5. The Morgan fingerprint density at radius 3 is 2.86 bits per heavy atom. The summed E-state index contributed by atoms with van der Waals surface area (Å²) in [4.78, 5) is 18.6. The van der Waals surface area contributed by atoms with Crippen LogP contribution < -0.4 is 4.74 Å². The van der Waals surface area contributed by atoms with Gasteiger partial charge >= 0.3 is 0 Å². The zero-order chi connectivity index (χ0) is 15.4. The average Bonchev–Trinajstić information content (AvgIpc) is 2.59. The molecule has 0 fully saturated rings. The van der Waals surface area contributed by atoms with Crippen LogP contribution in [-0.4, -0.2) is 28.9 Å². The number of rotatable bonds is 4. The summed E-state index contributed by atoms with van der Waals surface area (Å²) in [6.45, 7) is 4.05. The quantitative estimate of drug-likeness (QED) is 0.871. The van der Waals surface area contributed by atoms with Gasteiger partial charge in [0.05, 0.1) is 6.61 Å². The van der Waals surface area contributed by atoms with Crippen LogP contribution in [0.1, 0.15) is 34.8 Å². The van der Waals surface area contributed by atoms with E-state index < -0.39 is 0 Å². The number of pyridine rings is 1. The molecule has 0 aliphatic carbocycles. The van der Waals surface area contributed by atoms with Crippen LogP contribution in [0, 0.1) is 0 Å². The molecule has 0 N–H and O–H groups in total. The molecule has 0 unspecified atom stereocenters. The third kappa shape index (κ3) is 3.11. The van der Waals surface area contributed by atoms with E-state index in [4.69, 9.17) is 4.74 Å². The Bertz CT molecular complexity index is 655. The first kappa shape index (κ1) is 14.6. The Kier molecular flexibility index (Phi) is 4.37. The van der Waals surface area contributed by atoms with Crippen LogP contribution >= 0.6 is 0 Å². The Morgan fingerprint density at radius 2 is 2.09 bits per heavy atom. The molecular weight excluding hydrogens is 276 g/mol. The predicted molar refractivity (Wildman–Crippen MR) is 84.9 cm³/mol. The number of hydrogen-bond donors (Lipinski definition) is 0. The minimum Gasteiger partial charge on any atom is -0.493 e. The number of nitrogens with zero attached hydrogens (tertiary/aromatic N) is 2. The molecule has 0 atom stereocenters. The average molecular weight is 296 g/mol. The lowest BCUT2D eigenvalue weighted by atomic mass is 10.0. The summed E-state index contributed by atoms with van der Waals surface area (Å²) in [5, 5.41) is 0. The van der Waals surface area contributed by atoms with E-state index in [9.17, 15) is 4.79 Å². The minimum atomic E-state index is 0.0627. The molecule has 0 saturated carbocycles. The van der Waals surface area contributed by atoms with Crippen LogP contribution in [0.5, 0.6) is 5.75 Å². The Labute approximate surface area is 130 Å². The molecule has 0 bridgehead atoms. The van der Waals surface area contributed by atoms with Crippen LogP contribution in [-0.2, 0) is 13.0 Å². The predicted octanol–water partition coefficient (Wildman–Crippen LogP) is 3.07. The van der Waals surface area contributed by atoms with Gasteiger partial charge in [-0.3, -0.25) is 9.78 Å². The SMILES string of the molecule is CCN(Cc1ccncc1)C(=O)c1ccc2c(c1)CCCO2. The molecule has 0 spiro atoms. The summed E-state index contributed by atoms with van der Waals surface area (Å²) in [5.74, 6) is 0.979. The topological polar surface area (TPSA) is 42.4 Å². The fourth-order valence-corrected chi connectivity index (χ4v) is 2.71. The summed E-state index contributed by atoms with van der Waals surface area (Å²) >= 11 is 0. The Balaban J connectivity index is 1.79. The van der Waals surface area contributed by atoms with E-state index >= 15 is 0 Å². The number of hydrogen-bond acceptors (Lipinski definition) is 3. The molecule has 114 valence electrons. The van der Waals surface area contributed by atoms with Gasteiger partial charge in [0.2, 0.25) is 0 Å². The highest BCUT2D eigenvalue weighted by Gasteiger charge is 2.18. The molecule has 0 saturated heterocycles. The van der Waals surface area contributed by atoms with Gasteiger partial charge in [-0.1, -0.05) is 0 Å². The normalized spacial score (nSPS) is 13.1. The molecule has 4 nitrogen and oxygen atoms in total. The van der Waals surface area contributed by atoms with Crippen LogP contribution in [0.4, 0.5) is 0 Å². The standard InChI is InChI=1S/C18H20N2O2/c1-2-20(13-14-7-9-19-10-8-14)18(21)16-5-6-17-15(12-16)4-3-11-22-17/h5-10,12H,2-4,11,13H2,1H3. The van der Waals surface area contributed by atoms with Crippen molar-refractivity contribution in [2.24, 2.45) is 0 Å². The minimum absolute atomic E-state index is 0.0627. The van der Waals surface area contributed by atoms with Crippen molar-refractivity contribution in [3.63, 3.8) is 0 Å². The molecule has 1 aliphatic rings. The highest BCUT2D eigenvalue weighted by molar-refractivity contribution is 5.94. The van der Waals surface area contributed by atoms with Crippen LogP contribution in [0.15, 0.2) is 42.7 Å². The van der Waals surface area contributed by atoms with Gasteiger partial charge in [-0.2, -0.15) is 0 Å². The number of aromatic nitrogens is 1. The third-order valence-electron chi connectivity index (χ3n) is 3.95. The van der Waals surface area contributed by atoms with Gasteiger partial charge in [-0.05, 0) is 61.2 Å². The van der Waals surface area contributed by atoms with Crippen molar-refractivity contribution in [3.8, 4) is 5.75 Å². The molecule has 0 radical (unpaired) electrons. The molecule has 1 amide bonds. The van der Waals surface area contributed by atoms with E-state index in [0.717, 1.165) is 41.9 Å². The number of amides is 1. The first-order valence-corrected chi connectivity index (χ1v) is 7.72. The molecule has 1 aromatic heterocycles. The number of carbonyl (C=O) groups excluding carboxylic acids is 1. The smallest absolute Gasteiger partial charge is 0.254 e. The number of fused-ring (bicyclic) bond motifs is 1. The maximum absolute atomic E-state index is 12.7. The maximum Gasteiger partial charge on any atom is 0.254 e. The van der Waals surface area contributed by atoms with Crippen molar-refractivity contribution < 1.29 is 9.53 Å². The van der Waals surface area contributed by atoms with Crippen LogP contribution in [0.25, 0.3) is 0 Å². The van der Waals surface area contributed by atoms with E-state index in [1.165, 1.54) is 0 Å². The van der Waals surface area contributed by atoms with Crippen molar-refractivity contribution in [2.75, 3.05) is 13.2 Å². The van der Waals surface area contributed by atoms with E-state index in [-0.39, 0.29) is 5.91 Å². The monoisotopic (exact) mass is 296 g/mol. The van der Waals surface area contributed by atoms with Crippen LogP contribution in [0.2, 0.25) is 0 Å². The summed E-state index contributed by atoms with van der Waals surface area (Å²) in [6.07, 6.45) is 5.50. The number of aryl methyl sites for hydroxylation is 1. The van der Waals surface area contributed by atoms with E-state index in [0.29, 0.717) is 13.1 Å². The molecule has 4 heteroatoms. The molecule has 1 aliphatic heterocycles. The van der Waals surface area contributed by atoms with Gasteiger partial charge in [0.1, 0.15) is 5.75 Å². The zero-order valence-corrected chi connectivity index (χ0v) is 12.8. The maximum atomic E-state index is 12.7. The highest BCUT2D eigenvalue weighted by Crippen LogP contribution is 2.26. The lowest BCUT2D eigenvalue weighted by molar-refractivity contribution is 0.0752. The number of carbonyl (C=O) groups is 1. The van der Waals surface area contributed by atoms with Crippen LogP contribution in [0.3, 0.4) is 0 Å². The lowest BCUT2D eigenvalue weighted by Gasteiger charge is -2.23. The van der Waals surface area contributed by atoms with Crippen molar-refractivity contribution in [1.29, 1.82) is 0 Å². The third-order valence-corrected chi connectivity index (χ3v) is 3.95. The Hall–Kier alpha value is -2.36. The van der Waals surface area contributed by atoms with Gasteiger partial charge < -0.3 is 9.64 Å². The molecular formula is C18H20N2O2. The van der Waals surface area contributed by atoms with Crippen molar-refractivity contribution >= 4 is 5.91 Å². The number of benzene rings is 1. The first-order valence-electron chi connectivity index (χ1n) is 7.72. The molecule has 3 rings (SSSR count). The first-order chi connectivity index (χ1) is 10.8. The zero-order valence-electron chi connectivity index (χ0n) is 12.8. The summed E-state index contributed by atoms with van der Waals surface area (Å²) in [6, 6.07) is 9.64. The van der Waals surface area contributed by atoms with Crippen molar-refractivity contribution in [3.05, 3.63) is 59.4 Å². The fraction of sp³-hybridized carbons (Fsp3) is 0.333. The fourth-order valence-electron chi connectivity index (χ4n) is 2.71. The van der Waals surface area contributed by atoms with E-state index in [1.807, 2.05) is 42.2 Å². The second-order valence-electron chi connectivity index (χ2n) is 5.45. The summed E-state index contributed by atoms with van der Waals surface area (Å²) < 4.78 is 5.61. The second kappa shape index (κ2) is 6.60. The van der Waals surface area contributed by atoms with Gasteiger partial charge in [0, 0.05) is 31.0 Å². The van der Waals surface area contributed by atoms with E-state index in [1.54, 1.807) is 12.4 Å². The largest absolute Gasteiger partial charge is 0.493 e.